The van der Waals surface area contributed by atoms with Crippen LogP contribution in [0.15, 0.2) is 23.3 Å². The minimum Gasteiger partial charge on any atom is -0.387 e. The standard InChI is InChI=1S/C19H20ClFN6O3/c1-10(28)16-9-27-17(18(29)25(2)23-16)12-8-26(6-5-15(12)24-27)19(30)22-11-3-4-14(21)13(20)7-11/h3-4,7,10,28H,5-6,8-9H2,1-2H3,(H,22,30). The Kier molecular flexibility index (Phi) is 5.20. The van der Waals surface area contributed by atoms with Crippen molar-refractivity contribution in [3.05, 3.63) is 46.0 Å². The Morgan fingerprint density at radius 2 is 2.13 bits per heavy atom. The number of aliphatic hydroxyl groups is 1. The maximum atomic E-state index is 13.3. The largest absolute Gasteiger partial charge is 0.387 e. The average Bonchev–Trinajstić information content (AvgIpc) is 3.00. The summed E-state index contributed by atoms with van der Waals surface area (Å²) in [5.41, 5.74) is 2.55. The summed E-state index contributed by atoms with van der Waals surface area (Å²) in [5, 5.41) is 22.4. The molecular weight excluding hydrogens is 415 g/mol. The van der Waals surface area contributed by atoms with Gasteiger partial charge in [0.25, 0.3) is 5.91 Å². The number of amides is 3. The summed E-state index contributed by atoms with van der Waals surface area (Å²) >= 11 is 5.77. The SMILES string of the molecule is CC(O)C1=NN(C)C(=O)c2c3c(nn2C1)CCN(C(=O)Nc1ccc(F)c(Cl)c1)C3. The molecule has 1 aromatic heterocycles. The van der Waals surface area contributed by atoms with Crippen molar-refractivity contribution in [1.82, 2.24) is 19.7 Å². The van der Waals surface area contributed by atoms with Gasteiger partial charge in [0, 0.05) is 31.3 Å². The maximum absolute atomic E-state index is 13.3. The van der Waals surface area contributed by atoms with E-state index in [1.165, 1.54) is 30.3 Å². The first-order valence-electron chi connectivity index (χ1n) is 9.37. The molecule has 0 radical (unpaired) electrons. The number of carbonyl (C=O) groups is 2. The number of aliphatic hydroxyl groups excluding tert-OH is 1. The summed E-state index contributed by atoms with van der Waals surface area (Å²) in [7, 11) is 1.52. The smallest absolute Gasteiger partial charge is 0.322 e. The monoisotopic (exact) mass is 434 g/mol. The zero-order valence-electron chi connectivity index (χ0n) is 16.4. The summed E-state index contributed by atoms with van der Waals surface area (Å²) in [4.78, 5) is 27.2. The molecular formula is C19H20ClFN6O3. The van der Waals surface area contributed by atoms with Crippen LogP contribution in [-0.4, -0.2) is 62.1 Å². The van der Waals surface area contributed by atoms with Crippen LogP contribution in [0.2, 0.25) is 5.02 Å². The van der Waals surface area contributed by atoms with Gasteiger partial charge in [0.1, 0.15) is 11.5 Å². The Hall–Kier alpha value is -2.98. The van der Waals surface area contributed by atoms with Gasteiger partial charge in [-0.1, -0.05) is 11.6 Å². The van der Waals surface area contributed by atoms with Gasteiger partial charge in [-0.25, -0.2) is 14.2 Å². The van der Waals surface area contributed by atoms with E-state index in [4.69, 9.17) is 11.6 Å². The van der Waals surface area contributed by atoms with E-state index in [9.17, 15) is 19.1 Å². The van der Waals surface area contributed by atoms with Crippen LogP contribution < -0.4 is 5.32 Å². The molecule has 0 saturated carbocycles. The third-order valence-corrected chi connectivity index (χ3v) is 5.42. The number of halogens is 2. The van der Waals surface area contributed by atoms with E-state index in [1.54, 1.807) is 16.5 Å². The van der Waals surface area contributed by atoms with Gasteiger partial charge in [-0.05, 0) is 25.1 Å². The van der Waals surface area contributed by atoms with Crippen molar-refractivity contribution in [3.63, 3.8) is 0 Å². The highest BCUT2D eigenvalue weighted by Crippen LogP contribution is 2.26. The molecule has 3 amide bonds. The number of anilines is 1. The molecule has 1 unspecified atom stereocenters. The minimum atomic E-state index is -0.822. The van der Waals surface area contributed by atoms with Crippen molar-refractivity contribution < 1.29 is 19.1 Å². The van der Waals surface area contributed by atoms with Crippen molar-refractivity contribution in [1.29, 1.82) is 0 Å². The van der Waals surface area contributed by atoms with Crippen LogP contribution in [0.5, 0.6) is 0 Å². The summed E-state index contributed by atoms with van der Waals surface area (Å²) in [6.45, 7) is 2.37. The molecule has 2 N–H and O–H groups in total. The van der Waals surface area contributed by atoms with Gasteiger partial charge < -0.3 is 15.3 Å². The molecule has 0 bridgehead atoms. The lowest BCUT2D eigenvalue weighted by Crippen LogP contribution is -2.39. The summed E-state index contributed by atoms with van der Waals surface area (Å²) in [6.07, 6.45) is -0.345. The second kappa shape index (κ2) is 7.69. The lowest BCUT2D eigenvalue weighted by molar-refractivity contribution is 0.0789. The highest BCUT2D eigenvalue weighted by atomic mass is 35.5. The van der Waals surface area contributed by atoms with E-state index in [2.05, 4.69) is 15.5 Å². The molecule has 158 valence electrons. The molecule has 11 heteroatoms. The molecule has 9 nitrogen and oxygen atoms in total. The molecule has 0 fully saturated rings. The number of rotatable bonds is 2. The number of nitrogens with one attached hydrogen (secondary N) is 1. The molecule has 0 saturated heterocycles. The van der Waals surface area contributed by atoms with Crippen LogP contribution in [0.4, 0.5) is 14.9 Å². The van der Waals surface area contributed by atoms with E-state index in [0.717, 1.165) is 5.69 Å². The first kappa shape index (κ1) is 20.3. The third kappa shape index (κ3) is 3.63. The predicted molar refractivity (Wildman–Crippen MR) is 108 cm³/mol. The summed E-state index contributed by atoms with van der Waals surface area (Å²) in [5.74, 6) is -0.923. The first-order valence-corrected chi connectivity index (χ1v) is 9.75. The summed E-state index contributed by atoms with van der Waals surface area (Å²) in [6, 6.07) is 3.55. The van der Waals surface area contributed by atoms with E-state index in [1.807, 2.05) is 0 Å². The molecule has 3 heterocycles. The van der Waals surface area contributed by atoms with Crippen LogP contribution in [0.3, 0.4) is 0 Å². The average molecular weight is 435 g/mol. The quantitative estimate of drug-likeness (QED) is 0.755. The van der Waals surface area contributed by atoms with Crippen molar-refractivity contribution in [3.8, 4) is 0 Å². The predicted octanol–water partition coefficient (Wildman–Crippen LogP) is 2.09. The molecule has 2 aliphatic rings. The molecule has 2 aliphatic heterocycles. The van der Waals surface area contributed by atoms with E-state index in [-0.39, 0.29) is 24.0 Å². The number of aromatic nitrogens is 2. The minimum absolute atomic E-state index is 0.0850. The van der Waals surface area contributed by atoms with E-state index < -0.39 is 18.0 Å². The van der Waals surface area contributed by atoms with Gasteiger partial charge in [-0.2, -0.15) is 10.2 Å². The topological polar surface area (TPSA) is 103 Å². The number of carbonyl (C=O) groups excluding carboxylic acids is 2. The molecule has 30 heavy (non-hydrogen) atoms. The Labute approximate surface area is 176 Å². The molecule has 1 atom stereocenters. The number of hydrazone groups is 1. The second-order valence-electron chi connectivity index (χ2n) is 7.26. The third-order valence-electron chi connectivity index (χ3n) is 5.13. The number of benzene rings is 1. The number of hydrogen-bond donors (Lipinski definition) is 2. The van der Waals surface area contributed by atoms with Crippen molar-refractivity contribution in [2.24, 2.45) is 5.10 Å². The van der Waals surface area contributed by atoms with Crippen molar-refractivity contribution >= 4 is 34.9 Å². The highest BCUT2D eigenvalue weighted by molar-refractivity contribution is 6.31. The van der Waals surface area contributed by atoms with Crippen LogP contribution >= 0.6 is 11.6 Å². The van der Waals surface area contributed by atoms with Gasteiger partial charge in [0.2, 0.25) is 0 Å². The Balaban J connectivity index is 1.58. The lowest BCUT2D eigenvalue weighted by Gasteiger charge is -2.27. The Morgan fingerprint density at radius 3 is 2.83 bits per heavy atom. The fraction of sp³-hybridized carbons (Fsp3) is 0.368. The van der Waals surface area contributed by atoms with E-state index >= 15 is 0 Å². The number of hydrogen-bond acceptors (Lipinski definition) is 5. The molecule has 1 aromatic carbocycles. The fourth-order valence-corrected chi connectivity index (χ4v) is 3.70. The van der Waals surface area contributed by atoms with Crippen LogP contribution in [0, 0.1) is 5.82 Å². The zero-order chi connectivity index (χ0) is 21.6. The van der Waals surface area contributed by atoms with Crippen LogP contribution in [0.25, 0.3) is 0 Å². The van der Waals surface area contributed by atoms with Gasteiger partial charge in [-0.3, -0.25) is 9.48 Å². The molecule has 0 aliphatic carbocycles. The van der Waals surface area contributed by atoms with Gasteiger partial charge >= 0.3 is 6.03 Å². The maximum Gasteiger partial charge on any atom is 0.322 e. The summed E-state index contributed by atoms with van der Waals surface area (Å²) < 4.78 is 14.9. The molecule has 2 aromatic rings. The molecule has 0 spiro atoms. The lowest BCUT2D eigenvalue weighted by atomic mass is 10.0. The first-order chi connectivity index (χ1) is 14.2. The number of nitrogens with zero attached hydrogens (tertiary/aromatic N) is 5. The van der Waals surface area contributed by atoms with Gasteiger partial charge in [0.05, 0.1) is 35.6 Å². The Bertz CT molecular complexity index is 1070. The van der Waals surface area contributed by atoms with Crippen molar-refractivity contribution in [2.45, 2.75) is 32.5 Å². The highest BCUT2D eigenvalue weighted by Gasteiger charge is 2.34. The molecule has 4 rings (SSSR count). The van der Waals surface area contributed by atoms with Gasteiger partial charge in [-0.15, -0.1) is 0 Å². The van der Waals surface area contributed by atoms with E-state index in [0.29, 0.717) is 35.6 Å². The second-order valence-corrected chi connectivity index (χ2v) is 7.67. The van der Waals surface area contributed by atoms with Crippen LogP contribution in [0.1, 0.15) is 28.7 Å². The fourth-order valence-electron chi connectivity index (χ4n) is 3.52. The number of fused-ring (bicyclic) bond motifs is 3. The zero-order valence-corrected chi connectivity index (χ0v) is 17.1. The van der Waals surface area contributed by atoms with Gasteiger partial charge in [0.15, 0.2) is 0 Å². The normalized spacial score (nSPS) is 17.1. The van der Waals surface area contributed by atoms with Crippen LogP contribution in [-0.2, 0) is 19.5 Å². The van der Waals surface area contributed by atoms with Crippen molar-refractivity contribution in [2.75, 3.05) is 18.9 Å². The number of urea groups is 1. The Morgan fingerprint density at radius 1 is 1.37 bits per heavy atom.